The minimum absolute atomic E-state index is 0.0292. The molecule has 5 heteroatoms. The van der Waals surface area contributed by atoms with Crippen molar-refractivity contribution >= 4 is 17.3 Å². The molecule has 1 unspecified atom stereocenters. The quantitative estimate of drug-likeness (QED) is 0.886. The molecule has 0 spiro atoms. The lowest BCUT2D eigenvalue weighted by molar-refractivity contribution is -0.118. The van der Waals surface area contributed by atoms with E-state index in [1.165, 1.54) is 0 Å². The molecule has 1 aliphatic heterocycles. The van der Waals surface area contributed by atoms with Crippen molar-refractivity contribution in [2.75, 3.05) is 36.5 Å². The van der Waals surface area contributed by atoms with Gasteiger partial charge in [-0.1, -0.05) is 42.5 Å². The second-order valence-electron chi connectivity index (χ2n) is 5.80. The molecule has 1 fully saturated rings. The Labute approximate surface area is 141 Å². The van der Waals surface area contributed by atoms with Crippen LogP contribution in [0.15, 0.2) is 54.6 Å². The molecule has 2 N–H and O–H groups in total. The molecule has 1 heterocycles. The molecule has 24 heavy (non-hydrogen) atoms. The van der Waals surface area contributed by atoms with E-state index in [-0.39, 0.29) is 12.3 Å². The van der Waals surface area contributed by atoms with Gasteiger partial charge in [0.2, 0.25) is 5.91 Å². The van der Waals surface area contributed by atoms with Crippen molar-refractivity contribution < 1.29 is 14.6 Å². The van der Waals surface area contributed by atoms with E-state index in [4.69, 9.17) is 4.74 Å². The predicted molar refractivity (Wildman–Crippen MR) is 94.1 cm³/mol. The summed E-state index contributed by atoms with van der Waals surface area (Å²) in [6, 6.07) is 17.0. The number of aliphatic hydroxyl groups is 1. The van der Waals surface area contributed by atoms with E-state index in [2.05, 4.69) is 10.2 Å². The highest BCUT2D eigenvalue weighted by molar-refractivity contribution is 5.94. The number of carbonyl (C=O) groups is 1. The van der Waals surface area contributed by atoms with Gasteiger partial charge in [0.25, 0.3) is 0 Å². The molecule has 0 radical (unpaired) electrons. The van der Waals surface area contributed by atoms with Gasteiger partial charge in [-0.05, 0) is 17.7 Å². The minimum Gasteiger partial charge on any atom is -0.388 e. The van der Waals surface area contributed by atoms with E-state index in [1.54, 1.807) is 0 Å². The fourth-order valence-electron chi connectivity index (χ4n) is 2.83. The number of nitrogens with zero attached hydrogens (tertiary/aromatic N) is 1. The topological polar surface area (TPSA) is 61.8 Å². The lowest BCUT2D eigenvalue weighted by Crippen LogP contribution is -2.36. The number of rotatable bonds is 5. The summed E-state index contributed by atoms with van der Waals surface area (Å²) >= 11 is 0. The molecular weight excluding hydrogens is 304 g/mol. The average molecular weight is 326 g/mol. The van der Waals surface area contributed by atoms with E-state index >= 15 is 0 Å². The van der Waals surface area contributed by atoms with Crippen LogP contribution in [0.4, 0.5) is 11.4 Å². The molecule has 0 aliphatic carbocycles. The Morgan fingerprint density at radius 2 is 1.75 bits per heavy atom. The van der Waals surface area contributed by atoms with Crippen LogP contribution in [0.25, 0.3) is 0 Å². The number of para-hydroxylation sites is 2. The maximum Gasteiger partial charge on any atom is 0.227 e. The predicted octanol–water partition coefficient (Wildman–Crippen LogP) is 2.59. The average Bonchev–Trinajstić information content (AvgIpc) is 2.63. The Morgan fingerprint density at radius 1 is 1.08 bits per heavy atom. The number of anilines is 2. The Bertz CT molecular complexity index is 669. The summed E-state index contributed by atoms with van der Waals surface area (Å²) in [5.41, 5.74) is 2.50. The summed E-state index contributed by atoms with van der Waals surface area (Å²) in [5.74, 6) is -0.202. The van der Waals surface area contributed by atoms with Crippen LogP contribution in [0.5, 0.6) is 0 Å². The van der Waals surface area contributed by atoms with Crippen molar-refractivity contribution in [3.05, 3.63) is 60.2 Å². The summed E-state index contributed by atoms with van der Waals surface area (Å²) in [7, 11) is 0. The Morgan fingerprint density at radius 3 is 2.50 bits per heavy atom. The highest BCUT2D eigenvalue weighted by Crippen LogP contribution is 2.27. The van der Waals surface area contributed by atoms with Gasteiger partial charge in [0.05, 0.1) is 37.1 Å². The highest BCUT2D eigenvalue weighted by Gasteiger charge is 2.17. The van der Waals surface area contributed by atoms with Gasteiger partial charge in [-0.15, -0.1) is 0 Å². The zero-order chi connectivity index (χ0) is 16.8. The molecule has 126 valence electrons. The summed E-state index contributed by atoms with van der Waals surface area (Å²) in [5, 5.41) is 13.1. The third-order valence-electron chi connectivity index (χ3n) is 4.09. The van der Waals surface area contributed by atoms with Gasteiger partial charge in [0.1, 0.15) is 0 Å². The standard InChI is InChI=1S/C19H22N2O3/c22-18(15-6-2-1-3-7-15)14-19(23)20-16-8-4-5-9-17(16)21-10-12-24-13-11-21/h1-9,18,22H,10-14H2,(H,20,23). The Kier molecular flexibility index (Phi) is 5.46. The van der Waals surface area contributed by atoms with Crippen LogP contribution in [0.1, 0.15) is 18.1 Å². The third kappa shape index (κ3) is 4.13. The lowest BCUT2D eigenvalue weighted by atomic mass is 10.1. The fraction of sp³-hybridized carbons (Fsp3) is 0.316. The molecule has 0 saturated carbocycles. The summed E-state index contributed by atoms with van der Waals surface area (Å²) in [6.07, 6.45) is -0.775. The maximum absolute atomic E-state index is 12.3. The lowest BCUT2D eigenvalue weighted by Gasteiger charge is -2.30. The Balaban J connectivity index is 1.66. The molecule has 1 atom stereocenters. The normalized spacial score (nSPS) is 15.8. The highest BCUT2D eigenvalue weighted by atomic mass is 16.5. The van der Waals surface area contributed by atoms with E-state index < -0.39 is 6.10 Å². The van der Waals surface area contributed by atoms with Gasteiger partial charge in [0, 0.05) is 13.1 Å². The van der Waals surface area contributed by atoms with Crippen molar-refractivity contribution in [3.63, 3.8) is 0 Å². The van der Waals surface area contributed by atoms with Gasteiger partial charge in [-0.25, -0.2) is 0 Å². The molecule has 2 aromatic carbocycles. The largest absolute Gasteiger partial charge is 0.388 e. The molecule has 5 nitrogen and oxygen atoms in total. The van der Waals surface area contributed by atoms with Crippen molar-refractivity contribution in [1.29, 1.82) is 0 Å². The SMILES string of the molecule is O=C(CC(O)c1ccccc1)Nc1ccccc1N1CCOCC1. The van der Waals surface area contributed by atoms with Crippen LogP contribution in [-0.4, -0.2) is 37.3 Å². The molecular formula is C19H22N2O3. The van der Waals surface area contributed by atoms with Gasteiger partial charge in [-0.3, -0.25) is 4.79 Å². The third-order valence-corrected chi connectivity index (χ3v) is 4.09. The number of hydrogen-bond donors (Lipinski definition) is 2. The molecule has 1 saturated heterocycles. The molecule has 0 bridgehead atoms. The number of benzene rings is 2. The van der Waals surface area contributed by atoms with Gasteiger partial charge >= 0.3 is 0 Å². The minimum atomic E-state index is -0.804. The van der Waals surface area contributed by atoms with Crippen molar-refractivity contribution in [3.8, 4) is 0 Å². The number of aliphatic hydroxyl groups excluding tert-OH is 1. The summed E-state index contributed by atoms with van der Waals surface area (Å²) in [4.78, 5) is 14.5. The smallest absolute Gasteiger partial charge is 0.227 e. The van der Waals surface area contributed by atoms with E-state index in [0.717, 1.165) is 30.0 Å². The Hall–Kier alpha value is -2.37. The number of nitrogens with one attached hydrogen (secondary N) is 1. The van der Waals surface area contributed by atoms with Crippen molar-refractivity contribution in [2.24, 2.45) is 0 Å². The molecule has 2 aromatic rings. The summed E-state index contributed by atoms with van der Waals surface area (Å²) in [6.45, 7) is 2.99. The van der Waals surface area contributed by atoms with Crippen LogP contribution < -0.4 is 10.2 Å². The van der Waals surface area contributed by atoms with Gasteiger partial charge in [0.15, 0.2) is 0 Å². The molecule has 3 rings (SSSR count). The van der Waals surface area contributed by atoms with Crippen LogP contribution in [0.2, 0.25) is 0 Å². The molecule has 0 aromatic heterocycles. The fourth-order valence-corrected chi connectivity index (χ4v) is 2.83. The first kappa shape index (κ1) is 16.5. The van der Waals surface area contributed by atoms with Gasteiger partial charge in [-0.2, -0.15) is 0 Å². The van der Waals surface area contributed by atoms with Crippen LogP contribution >= 0.6 is 0 Å². The number of hydrogen-bond acceptors (Lipinski definition) is 4. The second kappa shape index (κ2) is 7.95. The zero-order valence-corrected chi connectivity index (χ0v) is 13.5. The van der Waals surface area contributed by atoms with Crippen molar-refractivity contribution in [2.45, 2.75) is 12.5 Å². The van der Waals surface area contributed by atoms with Gasteiger partial charge < -0.3 is 20.1 Å². The first-order valence-corrected chi connectivity index (χ1v) is 8.18. The zero-order valence-electron chi connectivity index (χ0n) is 13.5. The monoisotopic (exact) mass is 326 g/mol. The van der Waals surface area contributed by atoms with E-state index in [0.29, 0.717) is 13.2 Å². The van der Waals surface area contributed by atoms with E-state index in [1.807, 2.05) is 54.6 Å². The first-order chi connectivity index (χ1) is 11.7. The second-order valence-corrected chi connectivity index (χ2v) is 5.80. The van der Waals surface area contributed by atoms with Crippen LogP contribution in [-0.2, 0) is 9.53 Å². The number of carbonyl (C=O) groups excluding carboxylic acids is 1. The summed E-state index contributed by atoms with van der Waals surface area (Å²) < 4.78 is 5.38. The molecule has 1 aliphatic rings. The van der Waals surface area contributed by atoms with E-state index in [9.17, 15) is 9.90 Å². The first-order valence-electron chi connectivity index (χ1n) is 8.18. The van der Waals surface area contributed by atoms with Crippen LogP contribution in [0, 0.1) is 0 Å². The maximum atomic E-state index is 12.3. The van der Waals surface area contributed by atoms with Crippen molar-refractivity contribution in [1.82, 2.24) is 0 Å². The van der Waals surface area contributed by atoms with Crippen LogP contribution in [0.3, 0.4) is 0 Å². The number of amides is 1. The number of ether oxygens (including phenoxy) is 1. The molecule has 1 amide bonds. The number of morpholine rings is 1.